The molecule has 0 aliphatic heterocycles. The molecule has 1 rings (SSSR count). The van der Waals surface area contributed by atoms with E-state index in [1.165, 1.54) is 0 Å². The molecule has 32 heavy (non-hydrogen) atoms. The highest BCUT2D eigenvalue weighted by atomic mass is 35.5. The number of aliphatic carboxylic acids is 1. The number of benzene rings is 1. The van der Waals surface area contributed by atoms with Gasteiger partial charge in [0.15, 0.2) is 0 Å². The number of imide groups is 1. The fraction of sp³-hybridized carbons (Fsp3) is 0.591. The minimum atomic E-state index is -1.54. The highest BCUT2D eigenvalue weighted by molar-refractivity contribution is 6.42. The third kappa shape index (κ3) is 8.48. The largest absolute Gasteiger partial charge is 0.480 e. The summed E-state index contributed by atoms with van der Waals surface area (Å²) in [5, 5.41) is 10.5. The second-order valence-corrected chi connectivity index (χ2v) is 10.1. The number of hydrogen-bond donors (Lipinski definition) is 2. The van der Waals surface area contributed by atoms with Crippen LogP contribution in [0.4, 0.5) is 9.59 Å². The number of carboxylic acids is 1. The molecule has 1 aromatic rings. The van der Waals surface area contributed by atoms with Crippen molar-refractivity contribution in [3.63, 3.8) is 0 Å². The van der Waals surface area contributed by atoms with Gasteiger partial charge >= 0.3 is 18.2 Å². The van der Waals surface area contributed by atoms with Crippen LogP contribution in [-0.2, 0) is 14.3 Å². The monoisotopic (exact) mass is 490 g/mol. The van der Waals surface area contributed by atoms with Gasteiger partial charge in [-0.3, -0.25) is 0 Å². The molecule has 10 heteroatoms. The second-order valence-electron chi connectivity index (χ2n) is 9.34. The van der Waals surface area contributed by atoms with E-state index in [1.807, 2.05) is 0 Å². The number of amides is 2. The first kappa shape index (κ1) is 28.0. The number of carbonyl (C=O) groups excluding carboxylic acids is 2. The average molecular weight is 491 g/mol. The Morgan fingerprint density at radius 1 is 1.00 bits per heavy atom. The number of hydrogen-bond acceptors (Lipinski definition) is 6. The average Bonchev–Trinajstić information content (AvgIpc) is 2.60. The van der Waals surface area contributed by atoms with Crippen molar-refractivity contribution in [2.45, 2.75) is 77.5 Å². The Hall–Kier alpha value is -2.03. The Bertz CT molecular complexity index is 805. The predicted molar refractivity (Wildman–Crippen MR) is 123 cm³/mol. The molecular formula is C22H32Cl2N2O6. The van der Waals surface area contributed by atoms with Crippen LogP contribution in [0.3, 0.4) is 0 Å². The highest BCUT2D eigenvalue weighted by Crippen LogP contribution is 2.33. The van der Waals surface area contributed by atoms with Crippen LogP contribution in [0.1, 0.15) is 65.9 Å². The fourth-order valence-corrected chi connectivity index (χ4v) is 3.37. The topological polar surface area (TPSA) is 119 Å². The Morgan fingerprint density at radius 3 is 1.91 bits per heavy atom. The molecular weight excluding hydrogens is 459 g/mol. The first-order valence-corrected chi connectivity index (χ1v) is 10.9. The van der Waals surface area contributed by atoms with Crippen LogP contribution in [0.5, 0.6) is 0 Å². The summed E-state index contributed by atoms with van der Waals surface area (Å²) < 4.78 is 10.6. The molecule has 0 bridgehead atoms. The minimum Gasteiger partial charge on any atom is -0.480 e. The Labute approximate surface area is 198 Å². The van der Waals surface area contributed by atoms with E-state index in [0.717, 1.165) is 0 Å². The summed E-state index contributed by atoms with van der Waals surface area (Å²) in [6.45, 7) is 9.82. The first-order valence-electron chi connectivity index (χ1n) is 10.2. The normalized spacial score (nSPS) is 13.8. The molecule has 8 nitrogen and oxygen atoms in total. The molecule has 1 unspecified atom stereocenters. The molecule has 0 aliphatic carbocycles. The van der Waals surface area contributed by atoms with E-state index in [-0.39, 0.29) is 25.3 Å². The van der Waals surface area contributed by atoms with Crippen molar-refractivity contribution in [1.29, 1.82) is 0 Å². The van der Waals surface area contributed by atoms with E-state index >= 15 is 0 Å². The maximum absolute atomic E-state index is 12.8. The van der Waals surface area contributed by atoms with Crippen LogP contribution in [0.25, 0.3) is 0 Å². The van der Waals surface area contributed by atoms with Gasteiger partial charge in [-0.2, -0.15) is 4.90 Å². The summed E-state index contributed by atoms with van der Waals surface area (Å²) in [5.74, 6) is -1.73. The van der Waals surface area contributed by atoms with Gasteiger partial charge in [-0.05, 0) is 78.5 Å². The van der Waals surface area contributed by atoms with Crippen LogP contribution >= 0.6 is 23.2 Å². The lowest BCUT2D eigenvalue weighted by Gasteiger charge is -2.32. The number of ether oxygens (including phenoxy) is 2. The number of halogens is 2. The quantitative estimate of drug-likeness (QED) is 0.521. The molecule has 0 saturated heterocycles. The lowest BCUT2D eigenvalue weighted by molar-refractivity contribution is -0.143. The predicted octanol–water partition coefficient (Wildman–Crippen LogP) is 5.44. The van der Waals surface area contributed by atoms with Crippen molar-refractivity contribution in [3.8, 4) is 0 Å². The van der Waals surface area contributed by atoms with Gasteiger partial charge in [-0.25, -0.2) is 14.4 Å². The summed E-state index contributed by atoms with van der Waals surface area (Å²) in [6.07, 6.45) is -2.10. The smallest absolute Gasteiger partial charge is 0.420 e. The van der Waals surface area contributed by atoms with E-state index in [0.29, 0.717) is 20.5 Å². The summed E-state index contributed by atoms with van der Waals surface area (Å²) >= 11 is 12.4. The van der Waals surface area contributed by atoms with Crippen LogP contribution in [-0.4, -0.2) is 52.0 Å². The highest BCUT2D eigenvalue weighted by Gasteiger charge is 2.40. The zero-order valence-corrected chi connectivity index (χ0v) is 20.8. The van der Waals surface area contributed by atoms with E-state index in [9.17, 15) is 19.5 Å². The van der Waals surface area contributed by atoms with Crippen LogP contribution in [0, 0.1) is 0 Å². The SMILES string of the molecule is CC(C)(C)OC(=O)N(C(=O)OC(C)(C)C)[C@H](CCC(CN)c1cccc(Cl)c1Cl)C(=O)O. The lowest BCUT2D eigenvalue weighted by Crippen LogP contribution is -2.52. The molecule has 0 saturated carbocycles. The van der Waals surface area contributed by atoms with Gasteiger partial charge in [-0.1, -0.05) is 35.3 Å². The van der Waals surface area contributed by atoms with Crippen molar-refractivity contribution in [2.24, 2.45) is 5.73 Å². The number of nitrogens with two attached hydrogens (primary N) is 1. The zero-order chi connectivity index (χ0) is 24.9. The van der Waals surface area contributed by atoms with Gasteiger partial charge in [0, 0.05) is 0 Å². The summed E-state index contributed by atoms with van der Waals surface area (Å²) in [7, 11) is 0. The molecule has 2 amide bonds. The number of carboxylic acid groups (broad SMARTS) is 1. The van der Waals surface area contributed by atoms with Crippen molar-refractivity contribution >= 4 is 41.4 Å². The number of rotatable bonds is 7. The third-order valence-electron chi connectivity index (χ3n) is 4.27. The molecule has 0 radical (unpaired) electrons. The van der Waals surface area contributed by atoms with Crippen LogP contribution in [0.2, 0.25) is 10.0 Å². The minimum absolute atomic E-state index is 0.0987. The number of carbonyl (C=O) groups is 3. The molecule has 3 N–H and O–H groups in total. The summed E-state index contributed by atoms with van der Waals surface area (Å²) in [5.41, 5.74) is 4.66. The lowest BCUT2D eigenvalue weighted by atomic mass is 9.92. The van der Waals surface area contributed by atoms with Gasteiger partial charge in [-0.15, -0.1) is 0 Å². The Morgan fingerprint density at radius 2 is 1.50 bits per heavy atom. The van der Waals surface area contributed by atoms with Gasteiger partial charge in [0.05, 0.1) is 10.0 Å². The van der Waals surface area contributed by atoms with E-state index < -0.39 is 35.4 Å². The molecule has 2 atom stereocenters. The van der Waals surface area contributed by atoms with Gasteiger partial charge in [0.25, 0.3) is 0 Å². The maximum atomic E-state index is 12.8. The Kier molecular flexibility index (Phi) is 9.81. The maximum Gasteiger partial charge on any atom is 0.420 e. The van der Waals surface area contributed by atoms with E-state index in [1.54, 1.807) is 59.7 Å². The molecule has 0 heterocycles. The third-order valence-corrected chi connectivity index (χ3v) is 5.11. The van der Waals surface area contributed by atoms with Crippen molar-refractivity contribution in [1.82, 2.24) is 4.90 Å². The summed E-state index contributed by atoms with van der Waals surface area (Å²) in [4.78, 5) is 38.2. The zero-order valence-electron chi connectivity index (χ0n) is 19.3. The molecule has 1 aromatic carbocycles. The number of nitrogens with zero attached hydrogens (tertiary/aromatic N) is 1. The van der Waals surface area contributed by atoms with Crippen molar-refractivity contribution < 1.29 is 29.0 Å². The fourth-order valence-electron chi connectivity index (χ4n) is 2.91. The molecule has 180 valence electrons. The summed E-state index contributed by atoms with van der Waals surface area (Å²) in [6, 6.07) is 3.57. The van der Waals surface area contributed by atoms with Gasteiger partial charge in [0.2, 0.25) is 0 Å². The van der Waals surface area contributed by atoms with E-state index in [4.69, 9.17) is 38.4 Å². The van der Waals surface area contributed by atoms with Crippen molar-refractivity contribution in [3.05, 3.63) is 33.8 Å². The molecule has 0 aliphatic rings. The molecule has 0 aromatic heterocycles. The first-order chi connectivity index (χ1) is 14.6. The van der Waals surface area contributed by atoms with Gasteiger partial charge < -0.3 is 20.3 Å². The van der Waals surface area contributed by atoms with Crippen LogP contribution in [0.15, 0.2) is 18.2 Å². The van der Waals surface area contributed by atoms with Gasteiger partial charge in [0.1, 0.15) is 17.2 Å². The second kappa shape index (κ2) is 11.2. The Balaban J connectivity index is 3.24. The van der Waals surface area contributed by atoms with Crippen molar-refractivity contribution in [2.75, 3.05) is 6.54 Å². The van der Waals surface area contributed by atoms with Crippen LogP contribution < -0.4 is 5.73 Å². The standard InChI is InChI=1S/C22H32Cl2N2O6/c1-21(2,3)31-19(29)26(20(30)32-22(4,5)6)16(18(27)28)11-10-13(12-25)14-8-7-9-15(23)17(14)24/h7-9,13,16H,10-12,25H2,1-6H3,(H,27,28)/t13?,16-/m1/s1. The molecule has 0 fully saturated rings. The molecule has 0 spiro atoms. The van der Waals surface area contributed by atoms with E-state index in [2.05, 4.69) is 0 Å².